The molecule has 1 aliphatic rings. The fraction of sp³-hybridized carbons (Fsp3) is 1.00. The molecule has 1 aliphatic carbocycles. The topological polar surface area (TPSA) is 60.7 Å². The van der Waals surface area contributed by atoms with Crippen molar-refractivity contribution < 1.29 is 15.3 Å². The van der Waals surface area contributed by atoms with Gasteiger partial charge in [0, 0.05) is 19.3 Å². The fourth-order valence-corrected chi connectivity index (χ4v) is 3.15. The Labute approximate surface area is 112 Å². The van der Waals surface area contributed by atoms with Gasteiger partial charge in [-0.2, -0.15) is 0 Å². The third kappa shape index (κ3) is 8.06. The average Bonchev–Trinajstić information content (AvgIpc) is 2.07. The minimum Gasteiger partial charge on any atom is -0.390 e. The molecule has 0 aromatic carbocycles. The van der Waals surface area contributed by atoms with Crippen molar-refractivity contribution >= 4 is 0 Å². The van der Waals surface area contributed by atoms with Crippen LogP contribution in [0.15, 0.2) is 0 Å². The molecule has 0 aromatic rings. The number of rotatable bonds is 3. The van der Waals surface area contributed by atoms with Gasteiger partial charge in [0.1, 0.15) is 0 Å². The summed E-state index contributed by atoms with van der Waals surface area (Å²) in [6, 6.07) is 0. The van der Waals surface area contributed by atoms with Crippen LogP contribution in [0.5, 0.6) is 0 Å². The standard InChI is InChI=1S/C9H18O3.C6H14/c1-7(10)4-8(2,11)6-9(3,12)5-7;1-3-5-6-4-2/h10-12H,4-6H2,1-3H3;3-6H2,1-2H3. The molecule has 0 atom stereocenters. The summed E-state index contributed by atoms with van der Waals surface area (Å²) in [4.78, 5) is 0. The SMILES string of the molecule is CC1(O)CC(C)(O)CC(C)(O)C1.CCCCCC. The van der Waals surface area contributed by atoms with Gasteiger partial charge in [-0.25, -0.2) is 0 Å². The van der Waals surface area contributed by atoms with Crippen molar-refractivity contribution in [3.05, 3.63) is 0 Å². The molecule has 3 nitrogen and oxygen atoms in total. The van der Waals surface area contributed by atoms with E-state index >= 15 is 0 Å². The molecule has 110 valence electrons. The molecular formula is C15H32O3. The van der Waals surface area contributed by atoms with Crippen molar-refractivity contribution in [2.75, 3.05) is 0 Å². The number of hydrogen-bond acceptors (Lipinski definition) is 3. The third-order valence-electron chi connectivity index (χ3n) is 3.24. The highest BCUT2D eigenvalue weighted by molar-refractivity contribution is 4.99. The zero-order valence-corrected chi connectivity index (χ0v) is 12.8. The van der Waals surface area contributed by atoms with Crippen molar-refractivity contribution in [1.29, 1.82) is 0 Å². The number of hydrogen-bond donors (Lipinski definition) is 3. The molecule has 1 saturated carbocycles. The summed E-state index contributed by atoms with van der Waals surface area (Å²) >= 11 is 0. The third-order valence-corrected chi connectivity index (χ3v) is 3.24. The van der Waals surface area contributed by atoms with Crippen LogP contribution < -0.4 is 0 Å². The maximum absolute atomic E-state index is 9.73. The predicted molar refractivity (Wildman–Crippen MR) is 75.5 cm³/mol. The summed E-state index contributed by atoms with van der Waals surface area (Å²) in [6.45, 7) is 9.41. The molecule has 0 heterocycles. The summed E-state index contributed by atoms with van der Waals surface area (Å²) in [7, 11) is 0. The van der Waals surface area contributed by atoms with Crippen molar-refractivity contribution in [3.8, 4) is 0 Å². The van der Waals surface area contributed by atoms with Crippen LogP contribution in [0.3, 0.4) is 0 Å². The van der Waals surface area contributed by atoms with E-state index in [9.17, 15) is 15.3 Å². The Morgan fingerprint density at radius 1 is 0.667 bits per heavy atom. The summed E-state index contributed by atoms with van der Waals surface area (Å²) in [5, 5.41) is 29.2. The molecule has 0 spiro atoms. The highest BCUT2D eigenvalue weighted by Crippen LogP contribution is 2.40. The highest BCUT2D eigenvalue weighted by atomic mass is 16.3. The van der Waals surface area contributed by atoms with E-state index in [0.29, 0.717) is 19.3 Å². The van der Waals surface area contributed by atoms with Crippen LogP contribution in [0.1, 0.15) is 79.6 Å². The van der Waals surface area contributed by atoms with E-state index in [2.05, 4.69) is 13.8 Å². The Morgan fingerprint density at radius 3 is 1.06 bits per heavy atom. The van der Waals surface area contributed by atoms with Crippen molar-refractivity contribution in [3.63, 3.8) is 0 Å². The van der Waals surface area contributed by atoms with Crippen LogP contribution in [0.25, 0.3) is 0 Å². The molecule has 0 aromatic heterocycles. The predicted octanol–water partition coefficient (Wildman–Crippen LogP) is 3.01. The minimum atomic E-state index is -0.953. The van der Waals surface area contributed by atoms with Crippen LogP contribution in [0.4, 0.5) is 0 Å². The van der Waals surface area contributed by atoms with Crippen molar-refractivity contribution in [2.45, 2.75) is 96.4 Å². The van der Waals surface area contributed by atoms with Gasteiger partial charge < -0.3 is 15.3 Å². The van der Waals surface area contributed by atoms with Gasteiger partial charge >= 0.3 is 0 Å². The fourth-order valence-electron chi connectivity index (χ4n) is 3.15. The summed E-state index contributed by atoms with van der Waals surface area (Å²) < 4.78 is 0. The zero-order chi connectivity index (χ0) is 14.4. The van der Waals surface area contributed by atoms with E-state index in [0.717, 1.165) is 0 Å². The van der Waals surface area contributed by atoms with Crippen LogP contribution in [-0.2, 0) is 0 Å². The Hall–Kier alpha value is -0.120. The van der Waals surface area contributed by atoms with Crippen LogP contribution in [0, 0.1) is 0 Å². The van der Waals surface area contributed by atoms with Gasteiger partial charge in [0.15, 0.2) is 0 Å². The van der Waals surface area contributed by atoms with Gasteiger partial charge in [0.2, 0.25) is 0 Å². The van der Waals surface area contributed by atoms with Gasteiger partial charge in [-0.3, -0.25) is 0 Å². The molecular weight excluding hydrogens is 228 g/mol. The van der Waals surface area contributed by atoms with Gasteiger partial charge in [0.25, 0.3) is 0 Å². The lowest BCUT2D eigenvalue weighted by Gasteiger charge is -2.45. The number of unbranched alkanes of at least 4 members (excludes halogenated alkanes) is 3. The zero-order valence-electron chi connectivity index (χ0n) is 12.8. The summed E-state index contributed by atoms with van der Waals surface area (Å²) in [6.07, 6.45) is 6.52. The maximum Gasteiger partial charge on any atom is 0.0674 e. The second-order valence-electron chi connectivity index (χ2n) is 6.73. The minimum absolute atomic E-state index is 0.330. The first-order chi connectivity index (χ1) is 8.04. The molecule has 0 unspecified atom stereocenters. The number of aliphatic hydroxyl groups is 3. The molecule has 0 radical (unpaired) electrons. The second kappa shape index (κ2) is 6.88. The Balaban J connectivity index is 0.000000411. The smallest absolute Gasteiger partial charge is 0.0674 e. The highest BCUT2D eigenvalue weighted by Gasteiger charge is 2.46. The van der Waals surface area contributed by atoms with Crippen LogP contribution in [0.2, 0.25) is 0 Å². The average molecular weight is 260 g/mol. The van der Waals surface area contributed by atoms with E-state index in [4.69, 9.17) is 0 Å². The largest absolute Gasteiger partial charge is 0.390 e. The van der Waals surface area contributed by atoms with Gasteiger partial charge in [-0.15, -0.1) is 0 Å². The van der Waals surface area contributed by atoms with Gasteiger partial charge in [-0.1, -0.05) is 39.5 Å². The van der Waals surface area contributed by atoms with E-state index in [1.807, 2.05) is 0 Å². The lowest BCUT2D eigenvalue weighted by atomic mass is 9.70. The Bertz CT molecular complexity index is 183. The first-order valence-electron chi connectivity index (χ1n) is 7.21. The molecule has 3 heteroatoms. The van der Waals surface area contributed by atoms with E-state index in [1.54, 1.807) is 20.8 Å². The van der Waals surface area contributed by atoms with E-state index in [-0.39, 0.29) is 0 Å². The molecule has 1 fully saturated rings. The van der Waals surface area contributed by atoms with Crippen LogP contribution >= 0.6 is 0 Å². The second-order valence-corrected chi connectivity index (χ2v) is 6.73. The monoisotopic (exact) mass is 260 g/mol. The normalized spacial score (nSPS) is 40.0. The quantitative estimate of drug-likeness (QED) is 0.684. The Morgan fingerprint density at radius 2 is 0.889 bits per heavy atom. The maximum atomic E-state index is 9.73. The molecule has 0 saturated heterocycles. The molecule has 0 amide bonds. The van der Waals surface area contributed by atoms with Gasteiger partial charge in [0.05, 0.1) is 16.8 Å². The lowest BCUT2D eigenvalue weighted by Crippen LogP contribution is -2.52. The molecule has 18 heavy (non-hydrogen) atoms. The summed E-state index contributed by atoms with van der Waals surface area (Å²) in [5.74, 6) is 0. The molecule has 0 bridgehead atoms. The summed E-state index contributed by atoms with van der Waals surface area (Å²) in [5.41, 5.74) is -2.86. The van der Waals surface area contributed by atoms with Gasteiger partial charge in [-0.05, 0) is 20.8 Å². The van der Waals surface area contributed by atoms with E-state index < -0.39 is 16.8 Å². The van der Waals surface area contributed by atoms with E-state index in [1.165, 1.54) is 25.7 Å². The van der Waals surface area contributed by atoms with Crippen molar-refractivity contribution in [1.82, 2.24) is 0 Å². The molecule has 3 N–H and O–H groups in total. The molecule has 1 rings (SSSR count). The molecule has 0 aliphatic heterocycles. The first-order valence-corrected chi connectivity index (χ1v) is 7.21. The first kappa shape index (κ1) is 17.9. The van der Waals surface area contributed by atoms with Crippen LogP contribution in [-0.4, -0.2) is 32.1 Å². The lowest BCUT2D eigenvalue weighted by molar-refractivity contribution is -0.159. The van der Waals surface area contributed by atoms with Crippen molar-refractivity contribution in [2.24, 2.45) is 0 Å². The Kier molecular flexibility index (Phi) is 6.83.